The molecule has 1 aromatic heterocycles. The van der Waals surface area contributed by atoms with Gasteiger partial charge in [0.05, 0.1) is 7.11 Å². The van der Waals surface area contributed by atoms with Crippen LogP contribution in [0.25, 0.3) is 0 Å². The zero-order valence-corrected chi connectivity index (χ0v) is 17.4. The topological polar surface area (TPSA) is 64.6 Å². The SMILES string of the molecule is COc1ccc(CCNC(=O)C(C)OC(=O)c2cc3c(s2)CCC(C)C3)cc1. The molecule has 6 heteroatoms. The van der Waals surface area contributed by atoms with Gasteiger partial charge in [-0.2, -0.15) is 0 Å². The van der Waals surface area contributed by atoms with Crippen LogP contribution in [-0.2, 0) is 28.8 Å². The maximum Gasteiger partial charge on any atom is 0.349 e. The molecule has 2 aromatic rings. The molecule has 5 nitrogen and oxygen atoms in total. The van der Waals surface area contributed by atoms with Gasteiger partial charge in [-0.05, 0) is 67.9 Å². The summed E-state index contributed by atoms with van der Waals surface area (Å²) in [6, 6.07) is 9.65. The fourth-order valence-corrected chi connectivity index (χ4v) is 4.44. The lowest BCUT2D eigenvalue weighted by molar-refractivity contribution is -0.129. The van der Waals surface area contributed by atoms with Gasteiger partial charge >= 0.3 is 5.97 Å². The van der Waals surface area contributed by atoms with Gasteiger partial charge in [-0.15, -0.1) is 11.3 Å². The van der Waals surface area contributed by atoms with E-state index < -0.39 is 12.1 Å². The zero-order chi connectivity index (χ0) is 20.1. The number of fused-ring (bicyclic) bond motifs is 1. The number of thiophene rings is 1. The summed E-state index contributed by atoms with van der Waals surface area (Å²) in [4.78, 5) is 26.5. The molecule has 1 aliphatic carbocycles. The summed E-state index contributed by atoms with van der Waals surface area (Å²) in [6.45, 7) is 4.32. The van der Waals surface area contributed by atoms with Gasteiger partial charge in [0.25, 0.3) is 5.91 Å². The molecule has 1 N–H and O–H groups in total. The Kier molecular flexibility index (Phi) is 6.73. The number of carbonyl (C=O) groups is 2. The van der Waals surface area contributed by atoms with Crippen LogP contribution in [0.2, 0.25) is 0 Å². The molecule has 1 amide bonds. The summed E-state index contributed by atoms with van der Waals surface area (Å²) < 4.78 is 10.5. The van der Waals surface area contributed by atoms with E-state index in [4.69, 9.17) is 9.47 Å². The van der Waals surface area contributed by atoms with Crippen molar-refractivity contribution in [3.63, 3.8) is 0 Å². The Morgan fingerprint density at radius 3 is 2.75 bits per heavy atom. The van der Waals surface area contributed by atoms with Crippen molar-refractivity contribution < 1.29 is 19.1 Å². The Balaban J connectivity index is 1.46. The van der Waals surface area contributed by atoms with Gasteiger partial charge in [0.2, 0.25) is 0 Å². The first-order valence-corrected chi connectivity index (χ1v) is 10.5. The van der Waals surface area contributed by atoms with Crippen LogP contribution in [-0.4, -0.2) is 31.6 Å². The van der Waals surface area contributed by atoms with Crippen molar-refractivity contribution in [2.24, 2.45) is 5.92 Å². The van der Waals surface area contributed by atoms with Gasteiger partial charge in [-0.3, -0.25) is 4.79 Å². The molecule has 0 saturated heterocycles. The number of aryl methyl sites for hydroxylation is 1. The fourth-order valence-electron chi connectivity index (χ4n) is 3.34. The van der Waals surface area contributed by atoms with E-state index in [1.165, 1.54) is 21.8 Å². The summed E-state index contributed by atoms with van der Waals surface area (Å²) in [5.41, 5.74) is 2.36. The number of ether oxygens (including phenoxy) is 2. The average molecular weight is 402 g/mol. The van der Waals surface area contributed by atoms with Crippen LogP contribution < -0.4 is 10.1 Å². The third kappa shape index (κ3) is 5.13. The normalized spacial score (nSPS) is 16.8. The van der Waals surface area contributed by atoms with Crippen LogP contribution in [0.5, 0.6) is 5.75 Å². The molecule has 1 heterocycles. The van der Waals surface area contributed by atoms with E-state index in [1.807, 2.05) is 30.3 Å². The highest BCUT2D eigenvalue weighted by atomic mass is 32.1. The highest BCUT2D eigenvalue weighted by molar-refractivity contribution is 7.14. The maximum absolute atomic E-state index is 12.4. The number of benzene rings is 1. The molecule has 2 atom stereocenters. The van der Waals surface area contributed by atoms with Crippen LogP contribution in [0.15, 0.2) is 30.3 Å². The third-order valence-electron chi connectivity index (χ3n) is 5.06. The molecule has 28 heavy (non-hydrogen) atoms. The Labute approximate surface area is 170 Å². The third-order valence-corrected chi connectivity index (χ3v) is 6.27. The quantitative estimate of drug-likeness (QED) is 0.717. The van der Waals surface area contributed by atoms with E-state index in [1.54, 1.807) is 14.0 Å². The van der Waals surface area contributed by atoms with Crippen LogP contribution >= 0.6 is 11.3 Å². The lowest BCUT2D eigenvalue weighted by Crippen LogP contribution is -2.36. The Bertz CT molecular complexity index is 828. The summed E-state index contributed by atoms with van der Waals surface area (Å²) in [6.07, 6.45) is 3.08. The molecule has 0 radical (unpaired) electrons. The second-order valence-corrected chi connectivity index (χ2v) is 8.48. The van der Waals surface area contributed by atoms with Crippen LogP contribution in [0.3, 0.4) is 0 Å². The molecule has 0 aliphatic heterocycles. The zero-order valence-electron chi connectivity index (χ0n) is 16.6. The highest BCUT2D eigenvalue weighted by Crippen LogP contribution is 2.32. The van der Waals surface area contributed by atoms with Crippen molar-refractivity contribution in [2.45, 2.75) is 45.6 Å². The molecule has 1 aliphatic rings. The highest BCUT2D eigenvalue weighted by Gasteiger charge is 2.24. The largest absolute Gasteiger partial charge is 0.497 e. The second kappa shape index (κ2) is 9.24. The van der Waals surface area contributed by atoms with Gasteiger partial charge in [0, 0.05) is 11.4 Å². The van der Waals surface area contributed by atoms with E-state index in [2.05, 4.69) is 12.2 Å². The van der Waals surface area contributed by atoms with Crippen molar-refractivity contribution in [3.8, 4) is 5.75 Å². The van der Waals surface area contributed by atoms with E-state index in [0.29, 0.717) is 23.8 Å². The lowest BCUT2D eigenvalue weighted by atomic mass is 9.90. The first kappa shape index (κ1) is 20.4. The predicted molar refractivity (Wildman–Crippen MR) is 110 cm³/mol. The molecule has 1 aromatic carbocycles. The number of esters is 1. The van der Waals surface area contributed by atoms with Crippen LogP contribution in [0, 0.1) is 5.92 Å². The second-order valence-electron chi connectivity index (χ2n) is 7.34. The predicted octanol–water partition coefficient (Wildman–Crippen LogP) is 3.79. The lowest BCUT2D eigenvalue weighted by Gasteiger charge is -2.16. The summed E-state index contributed by atoms with van der Waals surface area (Å²) >= 11 is 1.50. The number of hydrogen-bond acceptors (Lipinski definition) is 5. The smallest absolute Gasteiger partial charge is 0.349 e. The minimum atomic E-state index is -0.818. The molecule has 150 valence electrons. The summed E-state index contributed by atoms with van der Waals surface area (Å²) in [7, 11) is 1.63. The van der Waals surface area contributed by atoms with Gasteiger partial charge in [-0.1, -0.05) is 19.1 Å². The van der Waals surface area contributed by atoms with Crippen molar-refractivity contribution in [3.05, 3.63) is 51.2 Å². The van der Waals surface area contributed by atoms with Crippen molar-refractivity contribution in [2.75, 3.05) is 13.7 Å². The first-order valence-electron chi connectivity index (χ1n) is 9.69. The van der Waals surface area contributed by atoms with E-state index in [0.717, 1.165) is 30.6 Å². The van der Waals surface area contributed by atoms with Crippen molar-refractivity contribution >= 4 is 23.2 Å². The number of methoxy groups -OCH3 is 1. The Hall–Kier alpha value is -2.34. The minimum absolute atomic E-state index is 0.281. The number of hydrogen-bond donors (Lipinski definition) is 1. The standard InChI is InChI=1S/C22H27NO4S/c1-14-4-9-19-17(12-14)13-20(28-19)22(25)27-15(2)21(24)23-11-10-16-5-7-18(26-3)8-6-16/h5-8,13-15H,4,9-12H2,1-3H3,(H,23,24). The number of carbonyl (C=O) groups excluding carboxylic acids is 2. The Morgan fingerprint density at radius 1 is 1.29 bits per heavy atom. The summed E-state index contributed by atoms with van der Waals surface area (Å²) in [5, 5.41) is 2.83. The van der Waals surface area contributed by atoms with Crippen LogP contribution in [0.1, 0.15) is 45.9 Å². The van der Waals surface area contributed by atoms with E-state index in [-0.39, 0.29) is 5.91 Å². The van der Waals surface area contributed by atoms with Crippen molar-refractivity contribution in [1.82, 2.24) is 5.32 Å². The fraction of sp³-hybridized carbons (Fsp3) is 0.455. The first-order chi connectivity index (χ1) is 13.5. The molecule has 0 saturated carbocycles. The minimum Gasteiger partial charge on any atom is -0.497 e. The Morgan fingerprint density at radius 2 is 2.04 bits per heavy atom. The molecule has 0 spiro atoms. The van der Waals surface area contributed by atoms with Gasteiger partial charge in [-0.25, -0.2) is 4.79 Å². The summed E-state index contributed by atoms with van der Waals surface area (Å²) in [5.74, 6) is 0.765. The number of rotatable bonds is 7. The molecular weight excluding hydrogens is 374 g/mol. The average Bonchev–Trinajstić information content (AvgIpc) is 3.11. The van der Waals surface area contributed by atoms with Gasteiger partial charge < -0.3 is 14.8 Å². The molecule has 2 unspecified atom stereocenters. The molecule has 0 bridgehead atoms. The van der Waals surface area contributed by atoms with Crippen LogP contribution in [0.4, 0.5) is 0 Å². The molecular formula is C22H27NO4S. The van der Waals surface area contributed by atoms with E-state index >= 15 is 0 Å². The maximum atomic E-state index is 12.4. The van der Waals surface area contributed by atoms with E-state index in [9.17, 15) is 9.59 Å². The van der Waals surface area contributed by atoms with Crippen molar-refractivity contribution in [1.29, 1.82) is 0 Å². The number of amides is 1. The van der Waals surface area contributed by atoms with Gasteiger partial charge in [0.15, 0.2) is 6.10 Å². The van der Waals surface area contributed by atoms with Gasteiger partial charge in [0.1, 0.15) is 10.6 Å². The monoisotopic (exact) mass is 401 g/mol. The molecule has 0 fully saturated rings. The molecule has 3 rings (SSSR count). The number of nitrogens with one attached hydrogen (secondary N) is 1.